The number of hydrogen-bond donors (Lipinski definition) is 0. The van der Waals surface area contributed by atoms with Crippen molar-refractivity contribution in [2.24, 2.45) is 10.9 Å². The van der Waals surface area contributed by atoms with Gasteiger partial charge in [0.1, 0.15) is 0 Å². The van der Waals surface area contributed by atoms with Crippen LogP contribution in [0.5, 0.6) is 0 Å². The molecule has 1 unspecified atom stereocenters. The van der Waals surface area contributed by atoms with Gasteiger partial charge in [0.25, 0.3) is 0 Å². The van der Waals surface area contributed by atoms with Crippen molar-refractivity contribution in [2.45, 2.75) is 65.2 Å². The maximum absolute atomic E-state index is 9.82. The van der Waals surface area contributed by atoms with Crippen molar-refractivity contribution in [2.75, 3.05) is 6.54 Å². The van der Waals surface area contributed by atoms with E-state index in [4.69, 9.17) is 0 Å². The number of isocyanates is 1. The Morgan fingerprint density at radius 2 is 1.80 bits per heavy atom. The van der Waals surface area contributed by atoms with E-state index in [-0.39, 0.29) is 0 Å². The zero-order chi connectivity index (χ0) is 11.4. The lowest BCUT2D eigenvalue weighted by atomic mass is 9.93. The SMILES string of the molecule is CCCCC(CC)CCCCCN=C=O. The highest BCUT2D eigenvalue weighted by Gasteiger charge is 2.04. The largest absolute Gasteiger partial charge is 0.234 e. The highest BCUT2D eigenvalue weighted by atomic mass is 16.1. The van der Waals surface area contributed by atoms with Gasteiger partial charge in [0.05, 0.1) is 6.54 Å². The average molecular weight is 211 g/mol. The van der Waals surface area contributed by atoms with Gasteiger partial charge in [-0.25, -0.2) is 9.79 Å². The molecular weight excluding hydrogens is 186 g/mol. The van der Waals surface area contributed by atoms with Crippen LogP contribution >= 0.6 is 0 Å². The van der Waals surface area contributed by atoms with Crippen molar-refractivity contribution >= 4 is 6.08 Å². The molecule has 1 atom stereocenters. The molecule has 0 spiro atoms. The first-order valence-electron chi connectivity index (χ1n) is 6.38. The molecule has 0 heterocycles. The molecule has 0 rings (SSSR count). The number of nitrogens with zero attached hydrogens (tertiary/aromatic N) is 1. The van der Waals surface area contributed by atoms with E-state index >= 15 is 0 Å². The lowest BCUT2D eigenvalue weighted by Crippen LogP contribution is -1.98. The molecule has 2 nitrogen and oxygen atoms in total. The summed E-state index contributed by atoms with van der Waals surface area (Å²) < 4.78 is 0. The first-order chi connectivity index (χ1) is 7.35. The molecule has 0 fully saturated rings. The van der Waals surface area contributed by atoms with E-state index in [1.165, 1.54) is 44.9 Å². The molecule has 0 aliphatic rings. The van der Waals surface area contributed by atoms with Crippen LogP contribution in [0.4, 0.5) is 0 Å². The number of rotatable bonds is 10. The normalized spacial score (nSPS) is 12.1. The van der Waals surface area contributed by atoms with Crippen LogP contribution in [0.2, 0.25) is 0 Å². The summed E-state index contributed by atoms with van der Waals surface area (Å²) in [6.07, 6.45) is 11.8. The van der Waals surface area contributed by atoms with Crippen LogP contribution in [0.15, 0.2) is 4.99 Å². The van der Waals surface area contributed by atoms with Crippen molar-refractivity contribution < 1.29 is 4.79 Å². The van der Waals surface area contributed by atoms with Gasteiger partial charge < -0.3 is 0 Å². The number of unbranched alkanes of at least 4 members (excludes halogenated alkanes) is 3. The molecule has 15 heavy (non-hydrogen) atoms. The van der Waals surface area contributed by atoms with Crippen molar-refractivity contribution in [1.29, 1.82) is 0 Å². The van der Waals surface area contributed by atoms with E-state index in [0.717, 1.165) is 12.3 Å². The van der Waals surface area contributed by atoms with Crippen LogP contribution in [0, 0.1) is 5.92 Å². The third-order valence-electron chi connectivity index (χ3n) is 2.99. The fraction of sp³-hybridized carbons (Fsp3) is 0.923. The van der Waals surface area contributed by atoms with Gasteiger partial charge in [0, 0.05) is 0 Å². The van der Waals surface area contributed by atoms with E-state index in [1.807, 2.05) is 0 Å². The maximum atomic E-state index is 9.82. The van der Waals surface area contributed by atoms with E-state index in [1.54, 1.807) is 6.08 Å². The number of hydrogen-bond acceptors (Lipinski definition) is 2. The topological polar surface area (TPSA) is 29.4 Å². The fourth-order valence-corrected chi connectivity index (χ4v) is 1.89. The predicted molar refractivity (Wildman–Crippen MR) is 64.8 cm³/mol. The monoisotopic (exact) mass is 211 g/mol. The van der Waals surface area contributed by atoms with Crippen LogP contribution < -0.4 is 0 Å². The molecule has 0 saturated carbocycles. The van der Waals surface area contributed by atoms with Crippen LogP contribution in [0.1, 0.15) is 65.2 Å². The quantitative estimate of drug-likeness (QED) is 0.304. The van der Waals surface area contributed by atoms with Crippen molar-refractivity contribution in [3.63, 3.8) is 0 Å². The zero-order valence-electron chi connectivity index (χ0n) is 10.3. The summed E-state index contributed by atoms with van der Waals surface area (Å²) in [5.41, 5.74) is 0. The van der Waals surface area contributed by atoms with Crippen molar-refractivity contribution in [1.82, 2.24) is 0 Å². The lowest BCUT2D eigenvalue weighted by molar-refractivity contribution is 0.402. The minimum Gasteiger partial charge on any atom is -0.211 e. The summed E-state index contributed by atoms with van der Waals surface area (Å²) in [6, 6.07) is 0. The molecule has 0 aromatic carbocycles. The van der Waals surface area contributed by atoms with Gasteiger partial charge in [-0.2, -0.15) is 0 Å². The lowest BCUT2D eigenvalue weighted by Gasteiger charge is -2.13. The van der Waals surface area contributed by atoms with Gasteiger partial charge in [-0.1, -0.05) is 58.8 Å². The molecule has 0 amide bonds. The van der Waals surface area contributed by atoms with Gasteiger partial charge in [0.15, 0.2) is 0 Å². The Morgan fingerprint density at radius 1 is 1.07 bits per heavy atom. The molecule has 0 bridgehead atoms. The van der Waals surface area contributed by atoms with Gasteiger partial charge in [-0.05, 0) is 12.3 Å². The summed E-state index contributed by atoms with van der Waals surface area (Å²) in [7, 11) is 0. The van der Waals surface area contributed by atoms with Gasteiger partial charge in [0.2, 0.25) is 6.08 Å². The zero-order valence-corrected chi connectivity index (χ0v) is 10.3. The third-order valence-corrected chi connectivity index (χ3v) is 2.99. The van der Waals surface area contributed by atoms with Crippen LogP contribution in [0.25, 0.3) is 0 Å². The Hall–Kier alpha value is -0.620. The minimum absolute atomic E-state index is 0.662. The summed E-state index contributed by atoms with van der Waals surface area (Å²) in [4.78, 5) is 13.4. The third kappa shape index (κ3) is 9.68. The van der Waals surface area contributed by atoms with Gasteiger partial charge >= 0.3 is 0 Å². The second-order valence-electron chi connectivity index (χ2n) is 4.24. The second-order valence-corrected chi connectivity index (χ2v) is 4.24. The summed E-state index contributed by atoms with van der Waals surface area (Å²) >= 11 is 0. The molecule has 0 aliphatic carbocycles. The summed E-state index contributed by atoms with van der Waals surface area (Å²) in [5.74, 6) is 0.916. The molecule has 0 aromatic heterocycles. The Kier molecular flexibility index (Phi) is 11.0. The van der Waals surface area contributed by atoms with E-state index < -0.39 is 0 Å². The predicted octanol–water partition coefficient (Wildman–Crippen LogP) is 4.10. The van der Waals surface area contributed by atoms with E-state index in [0.29, 0.717) is 6.54 Å². The van der Waals surface area contributed by atoms with Crippen LogP contribution in [-0.2, 0) is 4.79 Å². The second kappa shape index (κ2) is 11.5. The number of aliphatic imine (C=N–C) groups is 1. The molecule has 0 aromatic rings. The van der Waals surface area contributed by atoms with Crippen LogP contribution in [0.3, 0.4) is 0 Å². The molecule has 0 N–H and O–H groups in total. The Labute approximate surface area is 94.2 Å². The molecule has 2 heteroatoms. The highest BCUT2D eigenvalue weighted by molar-refractivity contribution is 5.32. The molecule has 0 radical (unpaired) electrons. The van der Waals surface area contributed by atoms with Gasteiger partial charge in [-0.15, -0.1) is 0 Å². The first-order valence-corrected chi connectivity index (χ1v) is 6.38. The van der Waals surface area contributed by atoms with E-state index in [9.17, 15) is 4.79 Å². The minimum atomic E-state index is 0.662. The summed E-state index contributed by atoms with van der Waals surface area (Å²) in [6.45, 7) is 5.20. The fourth-order valence-electron chi connectivity index (χ4n) is 1.89. The molecule has 0 saturated heterocycles. The molecular formula is C13H25NO. The Balaban J connectivity index is 3.33. The number of carbonyl (C=O) groups excluding carboxylic acids is 1. The molecule has 88 valence electrons. The maximum Gasteiger partial charge on any atom is 0.234 e. The van der Waals surface area contributed by atoms with E-state index in [2.05, 4.69) is 18.8 Å². The first kappa shape index (κ1) is 14.4. The average Bonchev–Trinajstić information content (AvgIpc) is 2.27. The Morgan fingerprint density at radius 3 is 2.40 bits per heavy atom. The standard InChI is InChI=1S/C13H25NO/c1-3-5-9-13(4-2)10-7-6-8-11-14-12-15/h13H,3-11H2,1-2H3. The van der Waals surface area contributed by atoms with Crippen molar-refractivity contribution in [3.05, 3.63) is 0 Å². The Bertz CT molecular complexity index is 173. The van der Waals surface area contributed by atoms with Gasteiger partial charge in [-0.3, -0.25) is 0 Å². The van der Waals surface area contributed by atoms with Crippen molar-refractivity contribution in [3.8, 4) is 0 Å². The smallest absolute Gasteiger partial charge is 0.211 e. The highest BCUT2D eigenvalue weighted by Crippen LogP contribution is 2.19. The van der Waals surface area contributed by atoms with Crippen LogP contribution in [-0.4, -0.2) is 12.6 Å². The summed E-state index contributed by atoms with van der Waals surface area (Å²) in [5, 5.41) is 0. The molecule has 0 aliphatic heterocycles.